The van der Waals surface area contributed by atoms with E-state index >= 15 is 8.78 Å². The number of benzene rings is 3. The number of hydrogen-bond acceptors (Lipinski definition) is 7. The Balaban J connectivity index is 1.46. The summed E-state index contributed by atoms with van der Waals surface area (Å²) in [7, 11) is 4.96. The van der Waals surface area contributed by atoms with E-state index in [0.717, 1.165) is 0 Å². The second kappa shape index (κ2) is 13.3. The Morgan fingerprint density at radius 2 is 1.82 bits per heavy atom. The molecule has 232 valence electrons. The van der Waals surface area contributed by atoms with Gasteiger partial charge >= 0.3 is 0 Å². The first-order valence-electron chi connectivity index (χ1n) is 14.2. The van der Waals surface area contributed by atoms with Crippen molar-refractivity contribution >= 4 is 23.2 Å². The van der Waals surface area contributed by atoms with Crippen molar-refractivity contribution in [1.82, 2.24) is 14.7 Å². The summed E-state index contributed by atoms with van der Waals surface area (Å²) in [5, 5.41) is 16.7. The number of alkyl halides is 2. The van der Waals surface area contributed by atoms with Crippen molar-refractivity contribution in [2.24, 2.45) is 0 Å². The molecule has 1 atom stereocenters. The first-order chi connectivity index (χ1) is 21.7. The number of rotatable bonds is 11. The number of nitrogens with one attached hydrogen (secondary N) is 1. The highest BCUT2D eigenvalue weighted by molar-refractivity contribution is 6.13. The summed E-state index contributed by atoms with van der Waals surface area (Å²) in [5.74, 6) is -3.89. The molecule has 1 aliphatic heterocycles. The van der Waals surface area contributed by atoms with Crippen LogP contribution in [0.5, 0.6) is 5.75 Å². The van der Waals surface area contributed by atoms with Gasteiger partial charge in [0.25, 0.3) is 17.7 Å². The van der Waals surface area contributed by atoms with Crippen LogP contribution in [0.1, 0.15) is 43.6 Å². The molecule has 45 heavy (non-hydrogen) atoms. The van der Waals surface area contributed by atoms with E-state index in [-0.39, 0.29) is 46.2 Å². The van der Waals surface area contributed by atoms with Gasteiger partial charge in [-0.2, -0.15) is 19.1 Å². The lowest BCUT2D eigenvalue weighted by Gasteiger charge is -2.36. The monoisotopic (exact) mass is 614 g/mol. The van der Waals surface area contributed by atoms with Gasteiger partial charge in [0.1, 0.15) is 11.8 Å². The van der Waals surface area contributed by atoms with Crippen molar-refractivity contribution in [1.29, 1.82) is 5.26 Å². The van der Waals surface area contributed by atoms with E-state index in [1.54, 1.807) is 30.0 Å². The standard InChI is InChI=1S/C33H32F2N6O4/c1-39(15-16-44-2)20-27-21-40(26-12-10-25(11-13-26)33(34,35)24-7-5-4-6-8-24)32(43)30-28(19-37-41(27)30)38-31(42)22-9-14-29(45-3)23(17-22)18-36/h4-14,17,19,27H,15-16,20-21H2,1-3H3,(H,38,42)/t27-/m0/s1. The molecule has 0 saturated heterocycles. The maximum absolute atomic E-state index is 15.2. The molecule has 0 aliphatic carbocycles. The van der Waals surface area contributed by atoms with Gasteiger partial charge in [0, 0.05) is 42.6 Å². The maximum atomic E-state index is 15.2. The number of carbonyl (C=O) groups excluding carboxylic acids is 2. The third kappa shape index (κ3) is 6.40. The molecule has 1 aromatic heterocycles. The van der Waals surface area contributed by atoms with Crippen molar-refractivity contribution in [2.45, 2.75) is 12.0 Å². The average molecular weight is 615 g/mol. The molecule has 2 amide bonds. The van der Waals surface area contributed by atoms with Crippen LogP contribution in [-0.2, 0) is 10.7 Å². The molecule has 5 rings (SSSR count). The molecule has 0 saturated carbocycles. The molecule has 0 fully saturated rings. The Labute approximate surface area is 259 Å². The van der Waals surface area contributed by atoms with Crippen LogP contribution in [0.3, 0.4) is 0 Å². The molecule has 3 aromatic carbocycles. The van der Waals surface area contributed by atoms with Crippen molar-refractivity contribution in [3.05, 3.63) is 107 Å². The predicted octanol–water partition coefficient (Wildman–Crippen LogP) is 4.94. The Bertz CT molecular complexity index is 1720. The summed E-state index contributed by atoms with van der Waals surface area (Å²) < 4.78 is 42.4. The number of aromatic nitrogens is 2. The number of nitrogens with zero attached hydrogens (tertiary/aromatic N) is 5. The van der Waals surface area contributed by atoms with Crippen molar-refractivity contribution in [3.8, 4) is 11.8 Å². The van der Waals surface area contributed by atoms with E-state index in [9.17, 15) is 14.9 Å². The zero-order chi connectivity index (χ0) is 32.1. The molecule has 4 aromatic rings. The topological polar surface area (TPSA) is 113 Å². The van der Waals surface area contributed by atoms with Gasteiger partial charge in [-0.25, -0.2) is 0 Å². The SMILES string of the molecule is COCCN(C)C[C@H]1CN(c2ccc(C(F)(F)c3ccccc3)cc2)C(=O)c2c(NC(=O)c3ccc(OC)c(C#N)c3)cnn21. The van der Waals surface area contributed by atoms with Crippen LogP contribution < -0.4 is 15.0 Å². The van der Waals surface area contributed by atoms with E-state index in [0.29, 0.717) is 31.1 Å². The van der Waals surface area contributed by atoms with Crippen LogP contribution in [0.25, 0.3) is 0 Å². The number of nitriles is 1. The summed E-state index contributed by atoms with van der Waals surface area (Å²) >= 11 is 0. The molecule has 0 spiro atoms. The largest absolute Gasteiger partial charge is 0.495 e. The second-order valence-electron chi connectivity index (χ2n) is 10.6. The minimum absolute atomic E-state index is 0.131. The first-order valence-corrected chi connectivity index (χ1v) is 14.2. The Hall–Kier alpha value is -5.12. The van der Waals surface area contributed by atoms with Crippen LogP contribution in [0.15, 0.2) is 79.0 Å². The second-order valence-corrected chi connectivity index (χ2v) is 10.6. The number of hydrogen-bond donors (Lipinski definition) is 1. The fraction of sp³-hybridized carbons (Fsp3) is 0.273. The summed E-state index contributed by atoms with van der Waals surface area (Å²) in [6.07, 6.45) is 1.41. The minimum Gasteiger partial charge on any atom is -0.495 e. The van der Waals surface area contributed by atoms with Crippen LogP contribution >= 0.6 is 0 Å². The van der Waals surface area contributed by atoms with Crippen LogP contribution in [-0.4, -0.2) is 74.0 Å². The number of carbonyl (C=O) groups is 2. The van der Waals surface area contributed by atoms with Crippen LogP contribution in [0, 0.1) is 11.3 Å². The third-order valence-corrected chi connectivity index (χ3v) is 7.69. The number of fused-ring (bicyclic) bond motifs is 1. The molecule has 1 aliphatic rings. The van der Waals surface area contributed by atoms with Crippen molar-refractivity contribution in [2.75, 3.05) is 57.7 Å². The number of halogens is 2. The van der Waals surface area contributed by atoms with Gasteiger partial charge in [-0.15, -0.1) is 0 Å². The van der Waals surface area contributed by atoms with E-state index < -0.39 is 17.7 Å². The molecule has 2 heterocycles. The van der Waals surface area contributed by atoms with E-state index in [4.69, 9.17) is 9.47 Å². The van der Waals surface area contributed by atoms with Gasteiger partial charge in [0.15, 0.2) is 5.69 Å². The normalized spacial score (nSPS) is 14.6. The van der Waals surface area contributed by atoms with Gasteiger partial charge in [-0.1, -0.05) is 42.5 Å². The quantitative estimate of drug-likeness (QED) is 0.255. The highest BCUT2D eigenvalue weighted by Crippen LogP contribution is 2.37. The zero-order valence-electron chi connectivity index (χ0n) is 25.0. The van der Waals surface area contributed by atoms with Crippen LogP contribution in [0.2, 0.25) is 0 Å². The predicted molar refractivity (Wildman–Crippen MR) is 164 cm³/mol. The molecule has 0 unspecified atom stereocenters. The van der Waals surface area contributed by atoms with E-state index in [2.05, 4.69) is 10.4 Å². The summed E-state index contributed by atoms with van der Waals surface area (Å²) in [6, 6.07) is 19.3. The lowest BCUT2D eigenvalue weighted by molar-refractivity contribution is 0.0428. The van der Waals surface area contributed by atoms with E-state index in [1.165, 1.54) is 72.8 Å². The van der Waals surface area contributed by atoms with Crippen LogP contribution in [0.4, 0.5) is 20.2 Å². The molecular formula is C33H32F2N6O4. The van der Waals surface area contributed by atoms with Gasteiger partial charge in [-0.3, -0.25) is 14.3 Å². The van der Waals surface area contributed by atoms with Crippen molar-refractivity contribution in [3.63, 3.8) is 0 Å². The number of likely N-dealkylation sites (N-methyl/N-ethyl adjacent to an activating group) is 1. The van der Waals surface area contributed by atoms with Gasteiger partial charge in [0.2, 0.25) is 0 Å². The molecule has 10 nitrogen and oxygen atoms in total. The minimum atomic E-state index is -3.22. The molecule has 1 N–H and O–H groups in total. The maximum Gasteiger partial charge on any atom is 0.298 e. The Morgan fingerprint density at radius 1 is 1.11 bits per heavy atom. The van der Waals surface area contributed by atoms with Gasteiger partial charge in [-0.05, 0) is 37.4 Å². The molecule has 0 bridgehead atoms. The summed E-state index contributed by atoms with van der Waals surface area (Å²) in [4.78, 5) is 30.8. The number of anilines is 2. The lowest BCUT2D eigenvalue weighted by Crippen LogP contribution is -2.47. The first kappa shape index (κ1) is 31.3. The third-order valence-electron chi connectivity index (χ3n) is 7.69. The van der Waals surface area contributed by atoms with Gasteiger partial charge in [0.05, 0.1) is 43.8 Å². The summed E-state index contributed by atoms with van der Waals surface area (Å²) in [6.45, 7) is 1.84. The number of ether oxygens (including phenoxy) is 2. The molecule has 0 radical (unpaired) electrons. The fourth-order valence-electron chi connectivity index (χ4n) is 5.29. The zero-order valence-corrected chi connectivity index (χ0v) is 25.0. The Kier molecular flexibility index (Phi) is 9.22. The Morgan fingerprint density at radius 3 is 2.49 bits per heavy atom. The molecule has 12 heteroatoms. The smallest absolute Gasteiger partial charge is 0.298 e. The average Bonchev–Trinajstić information content (AvgIpc) is 3.49. The van der Waals surface area contributed by atoms with Gasteiger partial charge < -0.3 is 24.6 Å². The van der Waals surface area contributed by atoms with Crippen molar-refractivity contribution < 1.29 is 27.8 Å². The number of methoxy groups -OCH3 is 2. The lowest BCUT2D eigenvalue weighted by atomic mass is 10.00. The summed E-state index contributed by atoms with van der Waals surface area (Å²) in [5.41, 5.74) is 0.799. The molecular weight excluding hydrogens is 582 g/mol. The number of amides is 2. The fourth-order valence-corrected chi connectivity index (χ4v) is 5.29. The van der Waals surface area contributed by atoms with E-state index in [1.807, 2.05) is 18.0 Å². The highest BCUT2D eigenvalue weighted by Gasteiger charge is 2.38. The highest BCUT2D eigenvalue weighted by atomic mass is 19.3.